The first-order valence-electron chi connectivity index (χ1n) is 8.49. The van der Waals surface area contributed by atoms with Crippen molar-refractivity contribution in [2.24, 2.45) is 11.8 Å². The largest absolute Gasteiger partial charge is 0.381 e. The molecule has 5 heteroatoms. The molecule has 1 aromatic heterocycles. The van der Waals surface area contributed by atoms with Crippen molar-refractivity contribution in [3.8, 4) is 0 Å². The molecule has 0 bridgehead atoms. The molecule has 0 unspecified atom stereocenters. The average molecular weight is 291 g/mol. The van der Waals surface area contributed by atoms with Crippen LogP contribution in [-0.4, -0.2) is 47.9 Å². The van der Waals surface area contributed by atoms with Gasteiger partial charge in [0.05, 0.1) is 6.61 Å². The summed E-state index contributed by atoms with van der Waals surface area (Å²) >= 11 is 0. The fourth-order valence-corrected chi connectivity index (χ4v) is 3.57. The maximum Gasteiger partial charge on any atom is 0.229 e. The lowest BCUT2D eigenvalue weighted by molar-refractivity contribution is 0.140. The van der Waals surface area contributed by atoms with Gasteiger partial charge in [0.2, 0.25) is 5.89 Å². The van der Waals surface area contributed by atoms with Crippen LogP contribution in [0.5, 0.6) is 0 Å². The van der Waals surface area contributed by atoms with Crippen molar-refractivity contribution in [2.75, 3.05) is 32.8 Å². The van der Waals surface area contributed by atoms with E-state index in [0.717, 1.165) is 43.2 Å². The SMILES string of the molecule is C1C[C@H](CN2CCC(Cc3noc(C4CC4)n3)CC2)CO1. The van der Waals surface area contributed by atoms with Gasteiger partial charge in [0.25, 0.3) is 0 Å². The van der Waals surface area contributed by atoms with Crippen LogP contribution in [0.4, 0.5) is 0 Å². The Morgan fingerprint density at radius 3 is 2.62 bits per heavy atom. The van der Waals surface area contributed by atoms with Gasteiger partial charge in [-0.25, -0.2) is 0 Å². The summed E-state index contributed by atoms with van der Waals surface area (Å²) in [5.74, 6) is 3.87. The molecule has 3 aliphatic rings. The summed E-state index contributed by atoms with van der Waals surface area (Å²) < 4.78 is 10.8. The Labute approximate surface area is 126 Å². The van der Waals surface area contributed by atoms with Gasteiger partial charge in [-0.2, -0.15) is 4.98 Å². The fraction of sp³-hybridized carbons (Fsp3) is 0.875. The fourth-order valence-electron chi connectivity index (χ4n) is 3.57. The molecule has 0 spiro atoms. The number of hydrogen-bond acceptors (Lipinski definition) is 5. The maximum absolute atomic E-state index is 5.47. The van der Waals surface area contributed by atoms with E-state index in [9.17, 15) is 0 Å². The van der Waals surface area contributed by atoms with Crippen LogP contribution >= 0.6 is 0 Å². The summed E-state index contributed by atoms with van der Waals surface area (Å²) in [6.45, 7) is 5.58. The predicted molar refractivity (Wildman–Crippen MR) is 78.1 cm³/mol. The van der Waals surface area contributed by atoms with E-state index < -0.39 is 0 Å². The summed E-state index contributed by atoms with van der Waals surface area (Å²) in [5, 5.41) is 4.16. The van der Waals surface area contributed by atoms with Crippen molar-refractivity contribution in [2.45, 2.75) is 44.4 Å². The summed E-state index contributed by atoms with van der Waals surface area (Å²) in [6.07, 6.45) is 7.22. The molecular formula is C16H25N3O2. The van der Waals surface area contributed by atoms with Crippen molar-refractivity contribution < 1.29 is 9.26 Å². The molecule has 21 heavy (non-hydrogen) atoms. The number of ether oxygens (including phenoxy) is 1. The van der Waals surface area contributed by atoms with Crippen LogP contribution < -0.4 is 0 Å². The maximum atomic E-state index is 5.47. The van der Waals surface area contributed by atoms with Crippen molar-refractivity contribution in [1.29, 1.82) is 0 Å². The average Bonchev–Trinajstić information content (AvgIpc) is 3.03. The van der Waals surface area contributed by atoms with Crippen molar-refractivity contribution in [3.05, 3.63) is 11.7 Å². The second kappa shape index (κ2) is 6.05. The summed E-state index contributed by atoms with van der Waals surface area (Å²) in [4.78, 5) is 7.17. The van der Waals surface area contributed by atoms with Crippen LogP contribution in [0.2, 0.25) is 0 Å². The van der Waals surface area contributed by atoms with E-state index in [1.165, 1.54) is 51.7 Å². The Morgan fingerprint density at radius 2 is 1.90 bits per heavy atom. The Morgan fingerprint density at radius 1 is 1.05 bits per heavy atom. The topological polar surface area (TPSA) is 51.4 Å². The van der Waals surface area contributed by atoms with Gasteiger partial charge in [0.15, 0.2) is 5.82 Å². The van der Waals surface area contributed by atoms with Gasteiger partial charge < -0.3 is 14.2 Å². The first kappa shape index (κ1) is 13.7. The molecular weight excluding hydrogens is 266 g/mol. The van der Waals surface area contributed by atoms with E-state index in [0.29, 0.717) is 5.92 Å². The molecule has 0 N–H and O–H groups in total. The molecule has 0 radical (unpaired) electrons. The molecule has 2 saturated heterocycles. The molecule has 116 valence electrons. The van der Waals surface area contributed by atoms with Gasteiger partial charge in [-0.05, 0) is 57.0 Å². The minimum absolute atomic E-state index is 0.571. The van der Waals surface area contributed by atoms with Gasteiger partial charge in [0, 0.05) is 25.5 Å². The summed E-state index contributed by atoms with van der Waals surface area (Å²) in [6, 6.07) is 0. The van der Waals surface area contributed by atoms with Crippen LogP contribution in [0.15, 0.2) is 4.52 Å². The Hall–Kier alpha value is -0.940. The Balaban J connectivity index is 1.22. The highest BCUT2D eigenvalue weighted by molar-refractivity contribution is 5.02. The standard InChI is InChI=1S/C16H25N3O2/c1-2-14(1)16-17-15(18-21-16)9-12-3-6-19(7-4-12)10-13-5-8-20-11-13/h12-14H,1-11H2/t13-/m1/s1. The highest BCUT2D eigenvalue weighted by atomic mass is 16.5. The second-order valence-electron chi connectivity index (χ2n) is 7.00. The number of rotatable bonds is 5. The van der Waals surface area contributed by atoms with Crippen LogP contribution in [0.25, 0.3) is 0 Å². The molecule has 1 atom stereocenters. The molecule has 1 aliphatic carbocycles. The van der Waals surface area contributed by atoms with E-state index in [-0.39, 0.29) is 0 Å². The lowest BCUT2D eigenvalue weighted by Gasteiger charge is -2.32. The second-order valence-corrected chi connectivity index (χ2v) is 7.00. The lowest BCUT2D eigenvalue weighted by Crippen LogP contribution is -2.37. The Kier molecular flexibility index (Phi) is 3.95. The first-order chi connectivity index (χ1) is 10.4. The van der Waals surface area contributed by atoms with Gasteiger partial charge in [0.1, 0.15) is 0 Å². The van der Waals surface area contributed by atoms with E-state index >= 15 is 0 Å². The number of piperidine rings is 1. The van der Waals surface area contributed by atoms with E-state index in [1.54, 1.807) is 0 Å². The lowest BCUT2D eigenvalue weighted by atomic mass is 9.92. The van der Waals surface area contributed by atoms with E-state index in [1.807, 2.05) is 0 Å². The third-order valence-corrected chi connectivity index (χ3v) is 5.13. The summed E-state index contributed by atoms with van der Waals surface area (Å²) in [7, 11) is 0. The molecule has 4 rings (SSSR count). The van der Waals surface area contributed by atoms with Crippen molar-refractivity contribution in [1.82, 2.24) is 15.0 Å². The van der Waals surface area contributed by atoms with Crippen LogP contribution in [-0.2, 0) is 11.2 Å². The smallest absolute Gasteiger partial charge is 0.229 e. The highest BCUT2D eigenvalue weighted by Gasteiger charge is 2.30. The molecule has 0 amide bonds. The third kappa shape index (κ3) is 3.46. The minimum atomic E-state index is 0.571. The van der Waals surface area contributed by atoms with Crippen LogP contribution in [0.3, 0.4) is 0 Å². The van der Waals surface area contributed by atoms with Crippen molar-refractivity contribution in [3.63, 3.8) is 0 Å². The van der Waals surface area contributed by atoms with Crippen molar-refractivity contribution >= 4 is 0 Å². The monoisotopic (exact) mass is 291 g/mol. The molecule has 3 fully saturated rings. The van der Waals surface area contributed by atoms with Gasteiger partial charge in [-0.1, -0.05) is 5.16 Å². The zero-order chi connectivity index (χ0) is 14.1. The number of hydrogen-bond donors (Lipinski definition) is 0. The molecule has 3 heterocycles. The molecule has 1 saturated carbocycles. The third-order valence-electron chi connectivity index (χ3n) is 5.13. The van der Waals surface area contributed by atoms with Gasteiger partial charge >= 0.3 is 0 Å². The Bertz CT molecular complexity index is 458. The van der Waals surface area contributed by atoms with Crippen LogP contribution in [0.1, 0.15) is 49.7 Å². The van der Waals surface area contributed by atoms with Gasteiger partial charge in [-0.3, -0.25) is 0 Å². The minimum Gasteiger partial charge on any atom is -0.381 e. The molecule has 0 aromatic carbocycles. The molecule has 1 aromatic rings. The molecule has 5 nitrogen and oxygen atoms in total. The quantitative estimate of drug-likeness (QED) is 0.832. The summed E-state index contributed by atoms with van der Waals surface area (Å²) in [5.41, 5.74) is 0. The number of nitrogens with zero attached hydrogens (tertiary/aromatic N) is 3. The zero-order valence-electron chi connectivity index (χ0n) is 12.7. The number of aromatic nitrogens is 2. The highest BCUT2D eigenvalue weighted by Crippen LogP contribution is 2.39. The van der Waals surface area contributed by atoms with E-state index in [2.05, 4.69) is 15.0 Å². The molecule has 2 aliphatic heterocycles. The van der Waals surface area contributed by atoms with E-state index in [4.69, 9.17) is 9.26 Å². The zero-order valence-corrected chi connectivity index (χ0v) is 12.7. The predicted octanol–water partition coefficient (Wildman–Crippen LogP) is 2.24. The van der Waals surface area contributed by atoms with Crippen LogP contribution in [0, 0.1) is 11.8 Å². The first-order valence-corrected chi connectivity index (χ1v) is 8.49. The number of likely N-dealkylation sites (tertiary alicyclic amines) is 1. The van der Waals surface area contributed by atoms with Gasteiger partial charge in [-0.15, -0.1) is 0 Å². The normalized spacial score (nSPS) is 28.3.